The molecular formula is C27H26N4O3. The van der Waals surface area contributed by atoms with Gasteiger partial charge in [0.15, 0.2) is 0 Å². The van der Waals surface area contributed by atoms with Gasteiger partial charge in [0.2, 0.25) is 0 Å². The van der Waals surface area contributed by atoms with Gasteiger partial charge in [-0.3, -0.25) is 14.2 Å². The van der Waals surface area contributed by atoms with Crippen molar-refractivity contribution in [1.29, 1.82) is 0 Å². The Bertz CT molecular complexity index is 1420. The average molecular weight is 455 g/mol. The Morgan fingerprint density at radius 3 is 2.21 bits per heavy atom. The molecule has 2 heterocycles. The normalized spacial score (nSPS) is 13.9. The summed E-state index contributed by atoms with van der Waals surface area (Å²) in [5, 5.41) is 0.401. The number of hydrogen-bond donors (Lipinski definition) is 1. The number of aromatic amines is 1. The largest absolute Gasteiger partial charge is 0.368 e. The molecule has 0 radical (unpaired) electrons. The Balaban J connectivity index is 1.32. The van der Waals surface area contributed by atoms with Crippen LogP contribution < -0.4 is 16.1 Å². The van der Waals surface area contributed by atoms with E-state index in [4.69, 9.17) is 0 Å². The van der Waals surface area contributed by atoms with Crippen molar-refractivity contribution in [3.63, 3.8) is 0 Å². The fourth-order valence-corrected chi connectivity index (χ4v) is 4.47. The maximum absolute atomic E-state index is 13.1. The lowest BCUT2D eigenvalue weighted by atomic mass is 10.1. The van der Waals surface area contributed by atoms with Gasteiger partial charge in [-0.15, -0.1) is 0 Å². The average Bonchev–Trinajstić information content (AvgIpc) is 2.89. The lowest BCUT2D eigenvalue weighted by molar-refractivity contribution is 0.0747. The first-order valence-electron chi connectivity index (χ1n) is 11.5. The molecule has 1 fully saturated rings. The molecule has 1 aliphatic heterocycles. The molecule has 0 saturated carbocycles. The van der Waals surface area contributed by atoms with Crippen LogP contribution in [0.5, 0.6) is 0 Å². The fourth-order valence-electron chi connectivity index (χ4n) is 4.47. The molecule has 3 aromatic carbocycles. The number of piperazine rings is 1. The second kappa shape index (κ2) is 9.39. The van der Waals surface area contributed by atoms with Gasteiger partial charge < -0.3 is 14.8 Å². The molecule has 7 heteroatoms. The number of para-hydroxylation sites is 1. The van der Waals surface area contributed by atoms with E-state index >= 15 is 0 Å². The summed E-state index contributed by atoms with van der Waals surface area (Å²) < 4.78 is 1.22. The highest BCUT2D eigenvalue weighted by Gasteiger charge is 2.23. The molecule has 1 amide bonds. The Labute approximate surface area is 196 Å². The van der Waals surface area contributed by atoms with Crippen molar-refractivity contribution < 1.29 is 4.79 Å². The SMILES string of the molecule is O=C(c1ccc2c(=O)n(CCc3ccccc3)c(=O)[nH]c2c1)N1CCN(c2ccccc2)CC1. The third kappa shape index (κ3) is 4.37. The summed E-state index contributed by atoms with van der Waals surface area (Å²) in [6.07, 6.45) is 0.584. The quantitative estimate of drug-likeness (QED) is 0.503. The molecular weight excluding hydrogens is 428 g/mol. The van der Waals surface area contributed by atoms with E-state index < -0.39 is 5.69 Å². The van der Waals surface area contributed by atoms with Gasteiger partial charge in [-0.1, -0.05) is 48.5 Å². The molecule has 7 nitrogen and oxygen atoms in total. The zero-order valence-electron chi connectivity index (χ0n) is 18.8. The summed E-state index contributed by atoms with van der Waals surface area (Å²) in [5.41, 5.74) is 2.26. The van der Waals surface area contributed by atoms with Gasteiger partial charge in [0.1, 0.15) is 0 Å². The lowest BCUT2D eigenvalue weighted by Crippen LogP contribution is -2.48. The van der Waals surface area contributed by atoms with Gasteiger partial charge in [-0.05, 0) is 42.3 Å². The molecule has 1 aliphatic rings. The first-order chi connectivity index (χ1) is 16.6. The molecule has 34 heavy (non-hydrogen) atoms. The number of amides is 1. The Morgan fingerprint density at radius 2 is 1.50 bits per heavy atom. The van der Waals surface area contributed by atoms with Gasteiger partial charge in [0.25, 0.3) is 11.5 Å². The summed E-state index contributed by atoms with van der Waals surface area (Å²) in [5.74, 6) is -0.0938. The van der Waals surface area contributed by atoms with Gasteiger partial charge in [0.05, 0.1) is 10.9 Å². The van der Waals surface area contributed by atoms with Crippen LogP contribution in [0.4, 0.5) is 5.69 Å². The Hall–Kier alpha value is -4.13. The highest BCUT2D eigenvalue weighted by molar-refractivity contribution is 5.97. The molecule has 0 bridgehead atoms. The number of carbonyl (C=O) groups excluding carboxylic acids is 1. The third-order valence-corrected chi connectivity index (χ3v) is 6.38. The summed E-state index contributed by atoms with van der Waals surface area (Å²) >= 11 is 0. The van der Waals surface area contributed by atoms with Crippen LogP contribution >= 0.6 is 0 Å². The van der Waals surface area contributed by atoms with Crippen LogP contribution in [0.15, 0.2) is 88.5 Å². The Morgan fingerprint density at radius 1 is 0.824 bits per heavy atom. The summed E-state index contributed by atoms with van der Waals surface area (Å²) in [4.78, 5) is 45.6. The summed E-state index contributed by atoms with van der Waals surface area (Å²) in [6.45, 7) is 3.03. The fraction of sp³-hybridized carbons (Fsp3) is 0.222. The molecule has 1 N–H and O–H groups in total. The van der Waals surface area contributed by atoms with E-state index in [1.807, 2.05) is 53.4 Å². The zero-order chi connectivity index (χ0) is 23.5. The number of anilines is 1. The van der Waals surface area contributed by atoms with E-state index in [1.54, 1.807) is 18.2 Å². The van der Waals surface area contributed by atoms with Crippen molar-refractivity contribution >= 4 is 22.5 Å². The summed E-state index contributed by atoms with van der Waals surface area (Å²) in [6, 6.07) is 24.8. The van der Waals surface area contributed by atoms with Crippen molar-refractivity contribution in [2.24, 2.45) is 0 Å². The molecule has 0 aliphatic carbocycles. The van der Waals surface area contributed by atoms with Crippen LogP contribution in [0, 0.1) is 0 Å². The molecule has 1 saturated heterocycles. The molecule has 0 spiro atoms. The standard InChI is InChI=1S/C27H26N4O3/c32-25(30-17-15-29(16-18-30)22-9-5-2-6-10-22)21-11-12-23-24(19-21)28-27(34)31(26(23)33)14-13-20-7-3-1-4-8-20/h1-12,19H,13-18H2,(H,28,34). The highest BCUT2D eigenvalue weighted by Crippen LogP contribution is 2.18. The van der Waals surface area contributed by atoms with Crippen LogP contribution in [0.2, 0.25) is 0 Å². The van der Waals surface area contributed by atoms with Crippen molar-refractivity contribution in [3.05, 3.63) is 111 Å². The number of rotatable bonds is 5. The number of nitrogens with zero attached hydrogens (tertiary/aromatic N) is 3. The maximum Gasteiger partial charge on any atom is 0.328 e. The second-order valence-electron chi connectivity index (χ2n) is 8.50. The van der Waals surface area contributed by atoms with E-state index in [0.29, 0.717) is 42.5 Å². The number of nitrogens with one attached hydrogen (secondary N) is 1. The van der Waals surface area contributed by atoms with Crippen LogP contribution in [0.1, 0.15) is 15.9 Å². The monoisotopic (exact) mass is 454 g/mol. The topological polar surface area (TPSA) is 78.4 Å². The van der Waals surface area contributed by atoms with Gasteiger partial charge >= 0.3 is 5.69 Å². The number of H-pyrrole nitrogens is 1. The number of aryl methyl sites for hydroxylation is 1. The zero-order valence-corrected chi connectivity index (χ0v) is 18.8. The van der Waals surface area contributed by atoms with Crippen LogP contribution in [-0.2, 0) is 13.0 Å². The highest BCUT2D eigenvalue weighted by atomic mass is 16.2. The molecule has 0 atom stereocenters. The third-order valence-electron chi connectivity index (χ3n) is 6.38. The minimum atomic E-state index is -0.463. The first-order valence-corrected chi connectivity index (χ1v) is 11.5. The van der Waals surface area contributed by atoms with Gasteiger partial charge in [-0.2, -0.15) is 0 Å². The van der Waals surface area contributed by atoms with E-state index in [0.717, 1.165) is 24.3 Å². The van der Waals surface area contributed by atoms with E-state index in [2.05, 4.69) is 22.0 Å². The predicted octanol–water partition coefficient (Wildman–Crippen LogP) is 2.89. The van der Waals surface area contributed by atoms with Crippen molar-refractivity contribution in [1.82, 2.24) is 14.5 Å². The van der Waals surface area contributed by atoms with Crippen molar-refractivity contribution in [2.75, 3.05) is 31.1 Å². The van der Waals surface area contributed by atoms with Crippen molar-refractivity contribution in [3.8, 4) is 0 Å². The number of hydrogen-bond acceptors (Lipinski definition) is 4. The molecule has 4 aromatic rings. The van der Waals surface area contributed by atoms with Gasteiger partial charge in [0, 0.05) is 44.0 Å². The number of aromatic nitrogens is 2. The van der Waals surface area contributed by atoms with Crippen molar-refractivity contribution in [2.45, 2.75) is 13.0 Å². The molecule has 172 valence electrons. The van der Waals surface area contributed by atoms with Crippen LogP contribution in [0.25, 0.3) is 10.9 Å². The first kappa shape index (κ1) is 21.7. The maximum atomic E-state index is 13.1. The molecule has 5 rings (SSSR count). The van der Waals surface area contributed by atoms with Gasteiger partial charge in [-0.25, -0.2) is 4.79 Å². The van der Waals surface area contributed by atoms with Crippen LogP contribution in [0.3, 0.4) is 0 Å². The minimum Gasteiger partial charge on any atom is -0.368 e. The predicted molar refractivity (Wildman–Crippen MR) is 134 cm³/mol. The number of benzene rings is 3. The second-order valence-corrected chi connectivity index (χ2v) is 8.50. The number of fused-ring (bicyclic) bond motifs is 1. The van der Waals surface area contributed by atoms with E-state index in [9.17, 15) is 14.4 Å². The van der Waals surface area contributed by atoms with E-state index in [1.165, 1.54) is 4.57 Å². The van der Waals surface area contributed by atoms with Crippen LogP contribution in [-0.4, -0.2) is 46.5 Å². The Kier molecular flexibility index (Phi) is 5.99. The van der Waals surface area contributed by atoms with E-state index in [-0.39, 0.29) is 11.5 Å². The smallest absolute Gasteiger partial charge is 0.328 e. The summed E-state index contributed by atoms with van der Waals surface area (Å²) in [7, 11) is 0. The lowest BCUT2D eigenvalue weighted by Gasteiger charge is -2.36. The molecule has 0 unspecified atom stereocenters. The number of carbonyl (C=O) groups is 1. The molecule has 1 aromatic heterocycles. The minimum absolute atomic E-state index is 0.0938.